The van der Waals surface area contributed by atoms with E-state index in [4.69, 9.17) is 4.74 Å². The average molecular weight is 287 g/mol. The zero-order valence-corrected chi connectivity index (χ0v) is 12.5. The first-order chi connectivity index (χ1) is 10.2. The number of rotatable bonds is 7. The van der Waals surface area contributed by atoms with E-state index < -0.39 is 0 Å². The Bertz CT molecular complexity index is 593. The van der Waals surface area contributed by atoms with Gasteiger partial charge in [0, 0.05) is 18.4 Å². The summed E-state index contributed by atoms with van der Waals surface area (Å²) >= 11 is 0. The fourth-order valence-electron chi connectivity index (χ4n) is 2.09. The molecule has 0 radical (unpaired) electrons. The summed E-state index contributed by atoms with van der Waals surface area (Å²) in [5.41, 5.74) is 2.58. The highest BCUT2D eigenvalue weighted by atomic mass is 16.5. The molecule has 112 valence electrons. The first kappa shape index (κ1) is 15.1. The minimum Gasteiger partial charge on any atom is -0.462 e. The number of ether oxygens (including phenoxy) is 1. The Morgan fingerprint density at radius 2 is 2.19 bits per heavy atom. The molecule has 5 heteroatoms. The first-order valence-corrected chi connectivity index (χ1v) is 7.26. The Morgan fingerprint density at radius 1 is 1.33 bits per heavy atom. The summed E-state index contributed by atoms with van der Waals surface area (Å²) < 4.78 is 6.99. The lowest BCUT2D eigenvalue weighted by molar-refractivity contribution is 0.0526. The molecule has 1 aromatic carbocycles. The van der Waals surface area contributed by atoms with Crippen molar-refractivity contribution in [2.75, 3.05) is 11.9 Å². The molecule has 0 bridgehead atoms. The topological polar surface area (TPSA) is 56.2 Å². The molecule has 2 aromatic rings. The highest BCUT2D eigenvalue weighted by Crippen LogP contribution is 2.13. The molecular formula is C16H21N3O2. The van der Waals surface area contributed by atoms with Crippen molar-refractivity contribution in [2.24, 2.45) is 0 Å². The predicted octanol–water partition coefficient (Wildman–Crippen LogP) is 3.08. The van der Waals surface area contributed by atoms with Gasteiger partial charge in [0.15, 0.2) is 0 Å². The average Bonchev–Trinajstić information content (AvgIpc) is 2.93. The second-order valence-corrected chi connectivity index (χ2v) is 4.70. The van der Waals surface area contributed by atoms with Crippen LogP contribution in [0.4, 0.5) is 5.69 Å². The Hall–Kier alpha value is -2.30. The van der Waals surface area contributed by atoms with E-state index in [1.54, 1.807) is 19.1 Å². The Kier molecular flexibility index (Phi) is 5.37. The number of benzene rings is 1. The fourth-order valence-corrected chi connectivity index (χ4v) is 2.09. The second-order valence-electron chi connectivity index (χ2n) is 4.70. The van der Waals surface area contributed by atoms with Gasteiger partial charge in [-0.1, -0.05) is 13.0 Å². The Balaban J connectivity index is 2.01. The lowest BCUT2D eigenvalue weighted by Gasteiger charge is -2.10. The van der Waals surface area contributed by atoms with E-state index in [2.05, 4.69) is 17.3 Å². The van der Waals surface area contributed by atoms with Gasteiger partial charge in [-0.05, 0) is 37.6 Å². The third-order valence-corrected chi connectivity index (χ3v) is 3.09. The van der Waals surface area contributed by atoms with Gasteiger partial charge in [0.05, 0.1) is 24.4 Å². The molecule has 0 spiro atoms. The molecule has 2 rings (SSSR count). The summed E-state index contributed by atoms with van der Waals surface area (Å²) in [4.78, 5) is 11.7. The first-order valence-electron chi connectivity index (χ1n) is 7.26. The molecule has 21 heavy (non-hydrogen) atoms. The molecule has 0 atom stereocenters. The molecule has 5 nitrogen and oxygen atoms in total. The third-order valence-electron chi connectivity index (χ3n) is 3.09. The highest BCUT2D eigenvalue weighted by molar-refractivity contribution is 5.90. The van der Waals surface area contributed by atoms with Gasteiger partial charge in [-0.2, -0.15) is 5.10 Å². The Labute approximate surface area is 124 Å². The zero-order valence-electron chi connectivity index (χ0n) is 12.5. The summed E-state index contributed by atoms with van der Waals surface area (Å²) in [5, 5.41) is 7.61. The van der Waals surface area contributed by atoms with E-state index in [-0.39, 0.29) is 5.97 Å². The van der Waals surface area contributed by atoms with Crippen LogP contribution in [0, 0.1) is 0 Å². The maximum Gasteiger partial charge on any atom is 0.338 e. The molecule has 0 fully saturated rings. The van der Waals surface area contributed by atoms with Crippen LogP contribution in [0.2, 0.25) is 0 Å². The van der Waals surface area contributed by atoms with Crippen molar-refractivity contribution in [1.29, 1.82) is 0 Å². The van der Waals surface area contributed by atoms with Crippen LogP contribution in [-0.4, -0.2) is 22.4 Å². The number of aromatic nitrogens is 2. The molecule has 1 heterocycles. The lowest BCUT2D eigenvalue weighted by atomic mass is 10.2. The van der Waals surface area contributed by atoms with Crippen LogP contribution in [-0.2, 0) is 17.8 Å². The van der Waals surface area contributed by atoms with Crippen molar-refractivity contribution < 1.29 is 9.53 Å². The van der Waals surface area contributed by atoms with Crippen molar-refractivity contribution in [3.63, 3.8) is 0 Å². The summed E-state index contributed by atoms with van der Waals surface area (Å²) in [6, 6.07) is 9.34. The summed E-state index contributed by atoms with van der Waals surface area (Å²) in [6.45, 7) is 5.89. The van der Waals surface area contributed by atoms with E-state index in [1.165, 1.54) is 0 Å². The minimum absolute atomic E-state index is 0.294. The highest BCUT2D eigenvalue weighted by Gasteiger charge is 2.07. The third kappa shape index (κ3) is 4.08. The van der Waals surface area contributed by atoms with Gasteiger partial charge in [0.2, 0.25) is 0 Å². The molecule has 1 aromatic heterocycles. The van der Waals surface area contributed by atoms with E-state index >= 15 is 0 Å². The fraction of sp³-hybridized carbons (Fsp3) is 0.375. The molecule has 1 N–H and O–H groups in total. The quantitative estimate of drug-likeness (QED) is 0.795. The van der Waals surface area contributed by atoms with Crippen LogP contribution in [0.25, 0.3) is 0 Å². The summed E-state index contributed by atoms with van der Waals surface area (Å²) in [5.74, 6) is -0.294. The van der Waals surface area contributed by atoms with E-state index in [0.29, 0.717) is 18.7 Å². The van der Waals surface area contributed by atoms with Gasteiger partial charge < -0.3 is 10.1 Å². The Morgan fingerprint density at radius 3 is 2.95 bits per heavy atom. The van der Waals surface area contributed by atoms with Crippen LogP contribution in [0.3, 0.4) is 0 Å². The number of carbonyl (C=O) groups is 1. The van der Waals surface area contributed by atoms with Crippen LogP contribution in [0.15, 0.2) is 36.5 Å². The van der Waals surface area contributed by atoms with Crippen molar-refractivity contribution in [3.05, 3.63) is 47.8 Å². The van der Waals surface area contributed by atoms with Crippen molar-refractivity contribution in [3.8, 4) is 0 Å². The number of carbonyl (C=O) groups excluding carboxylic acids is 1. The van der Waals surface area contributed by atoms with Gasteiger partial charge in [0.25, 0.3) is 0 Å². The van der Waals surface area contributed by atoms with Gasteiger partial charge >= 0.3 is 5.97 Å². The standard InChI is InChI=1S/C16H21N3O2/c1-3-10-19-15(8-9-18-19)12-17-14-7-5-6-13(11-14)16(20)21-4-2/h5-9,11,17H,3-4,10,12H2,1-2H3. The number of nitrogens with one attached hydrogen (secondary N) is 1. The largest absolute Gasteiger partial charge is 0.462 e. The van der Waals surface area contributed by atoms with Crippen LogP contribution >= 0.6 is 0 Å². The predicted molar refractivity (Wildman–Crippen MR) is 82.2 cm³/mol. The van der Waals surface area contributed by atoms with Gasteiger partial charge in [-0.3, -0.25) is 4.68 Å². The molecule has 0 unspecified atom stereocenters. The number of hydrogen-bond donors (Lipinski definition) is 1. The van der Waals surface area contributed by atoms with Crippen molar-refractivity contribution in [2.45, 2.75) is 33.4 Å². The monoisotopic (exact) mass is 287 g/mol. The summed E-state index contributed by atoms with van der Waals surface area (Å²) in [7, 11) is 0. The van der Waals surface area contributed by atoms with Crippen LogP contribution in [0.5, 0.6) is 0 Å². The number of esters is 1. The van der Waals surface area contributed by atoms with Crippen LogP contribution < -0.4 is 5.32 Å². The molecule has 0 aliphatic rings. The normalized spacial score (nSPS) is 10.4. The second kappa shape index (κ2) is 7.47. The number of aryl methyl sites for hydroxylation is 1. The molecule has 0 saturated heterocycles. The van der Waals surface area contributed by atoms with Crippen LogP contribution in [0.1, 0.15) is 36.3 Å². The maximum atomic E-state index is 11.7. The molecule has 0 aliphatic heterocycles. The molecule has 0 saturated carbocycles. The lowest BCUT2D eigenvalue weighted by Crippen LogP contribution is -2.09. The smallest absolute Gasteiger partial charge is 0.338 e. The SMILES string of the molecule is CCCn1nccc1CNc1cccc(C(=O)OCC)c1. The number of anilines is 1. The van der Waals surface area contributed by atoms with E-state index in [0.717, 1.165) is 24.3 Å². The minimum atomic E-state index is -0.294. The van der Waals surface area contributed by atoms with Crippen molar-refractivity contribution in [1.82, 2.24) is 9.78 Å². The van der Waals surface area contributed by atoms with Gasteiger partial charge in [-0.15, -0.1) is 0 Å². The van der Waals surface area contributed by atoms with Crippen molar-refractivity contribution >= 4 is 11.7 Å². The number of hydrogen-bond acceptors (Lipinski definition) is 4. The maximum absolute atomic E-state index is 11.7. The zero-order chi connectivity index (χ0) is 15.1. The molecular weight excluding hydrogens is 266 g/mol. The van der Waals surface area contributed by atoms with E-state index in [9.17, 15) is 4.79 Å². The van der Waals surface area contributed by atoms with E-state index in [1.807, 2.05) is 29.1 Å². The van der Waals surface area contributed by atoms with Gasteiger partial charge in [0.1, 0.15) is 0 Å². The summed E-state index contributed by atoms with van der Waals surface area (Å²) in [6.07, 6.45) is 2.86. The molecule has 0 amide bonds. The van der Waals surface area contributed by atoms with Gasteiger partial charge in [-0.25, -0.2) is 4.79 Å². The molecule has 0 aliphatic carbocycles. The number of nitrogens with zero attached hydrogens (tertiary/aromatic N) is 2.